The topological polar surface area (TPSA) is 50.8 Å². The molecule has 1 fully saturated rings. The van der Waals surface area contributed by atoms with Crippen molar-refractivity contribution >= 4 is 5.91 Å². The number of ether oxygens (including phenoxy) is 2. The van der Waals surface area contributed by atoms with Crippen LogP contribution < -0.4 is 14.8 Å². The molecule has 1 saturated heterocycles. The highest BCUT2D eigenvalue weighted by Crippen LogP contribution is 2.19. The standard InChI is InChI=1S/C24H32N2O3/c1-2-3-15-26-16-13-20(14-17-26)25-24(27)22-11-7-8-12-23(22)29-19-18-28-21-9-5-4-6-10-21/h4-12,20H,2-3,13-19H2,1H3,(H,25,27). The van der Waals surface area contributed by atoms with Gasteiger partial charge in [0.25, 0.3) is 5.91 Å². The van der Waals surface area contributed by atoms with Gasteiger partial charge < -0.3 is 19.7 Å². The van der Waals surface area contributed by atoms with Crippen LogP contribution in [-0.2, 0) is 0 Å². The molecule has 1 amide bonds. The number of unbranched alkanes of at least 4 members (excludes halogenated alkanes) is 1. The first-order valence-electron chi connectivity index (χ1n) is 10.7. The number of amides is 1. The van der Waals surface area contributed by atoms with Gasteiger partial charge in [0.1, 0.15) is 24.7 Å². The van der Waals surface area contributed by atoms with Gasteiger partial charge >= 0.3 is 0 Å². The lowest BCUT2D eigenvalue weighted by atomic mass is 10.0. The largest absolute Gasteiger partial charge is 0.490 e. The van der Waals surface area contributed by atoms with E-state index in [0.717, 1.165) is 31.7 Å². The van der Waals surface area contributed by atoms with Crippen LogP contribution in [0.15, 0.2) is 54.6 Å². The molecule has 1 aliphatic rings. The van der Waals surface area contributed by atoms with Crippen molar-refractivity contribution in [2.24, 2.45) is 0 Å². The van der Waals surface area contributed by atoms with Crippen LogP contribution in [0.2, 0.25) is 0 Å². The smallest absolute Gasteiger partial charge is 0.255 e. The Bertz CT molecular complexity index is 743. The fraction of sp³-hybridized carbons (Fsp3) is 0.458. The fourth-order valence-electron chi connectivity index (χ4n) is 3.55. The molecule has 1 heterocycles. The molecular weight excluding hydrogens is 364 g/mol. The van der Waals surface area contributed by atoms with Gasteiger partial charge in [0, 0.05) is 19.1 Å². The van der Waals surface area contributed by atoms with Crippen LogP contribution in [0.1, 0.15) is 43.0 Å². The molecule has 1 aliphatic heterocycles. The molecule has 3 rings (SSSR count). The molecule has 1 N–H and O–H groups in total. The van der Waals surface area contributed by atoms with Crippen molar-refractivity contribution in [2.75, 3.05) is 32.8 Å². The summed E-state index contributed by atoms with van der Waals surface area (Å²) in [6.07, 6.45) is 4.48. The molecule has 29 heavy (non-hydrogen) atoms. The zero-order valence-electron chi connectivity index (χ0n) is 17.3. The number of piperidine rings is 1. The Balaban J connectivity index is 1.46. The Hall–Kier alpha value is -2.53. The third kappa shape index (κ3) is 6.79. The summed E-state index contributed by atoms with van der Waals surface area (Å²) in [4.78, 5) is 15.3. The summed E-state index contributed by atoms with van der Waals surface area (Å²) >= 11 is 0. The number of nitrogens with one attached hydrogen (secondary N) is 1. The Labute approximate surface area is 174 Å². The molecular formula is C24H32N2O3. The number of rotatable bonds is 10. The van der Waals surface area contributed by atoms with Gasteiger partial charge in [-0.05, 0) is 50.1 Å². The second kappa shape index (κ2) is 11.5. The molecule has 0 atom stereocenters. The van der Waals surface area contributed by atoms with E-state index in [9.17, 15) is 4.79 Å². The third-order valence-corrected chi connectivity index (χ3v) is 5.24. The zero-order chi connectivity index (χ0) is 20.3. The number of carbonyl (C=O) groups is 1. The van der Waals surface area contributed by atoms with E-state index in [4.69, 9.17) is 9.47 Å². The highest BCUT2D eigenvalue weighted by atomic mass is 16.5. The Morgan fingerprint density at radius 3 is 2.45 bits per heavy atom. The first kappa shape index (κ1) is 21.2. The lowest BCUT2D eigenvalue weighted by molar-refractivity contribution is 0.0905. The lowest BCUT2D eigenvalue weighted by Gasteiger charge is -2.32. The van der Waals surface area contributed by atoms with Gasteiger partial charge in [0.2, 0.25) is 0 Å². The van der Waals surface area contributed by atoms with Crippen molar-refractivity contribution in [1.29, 1.82) is 0 Å². The average Bonchev–Trinajstić information content (AvgIpc) is 2.77. The monoisotopic (exact) mass is 396 g/mol. The predicted molar refractivity (Wildman–Crippen MR) is 116 cm³/mol. The van der Waals surface area contributed by atoms with Gasteiger partial charge in [-0.25, -0.2) is 0 Å². The van der Waals surface area contributed by atoms with Crippen molar-refractivity contribution in [3.05, 3.63) is 60.2 Å². The summed E-state index contributed by atoms with van der Waals surface area (Å²) in [6, 6.07) is 17.3. The maximum absolute atomic E-state index is 12.8. The van der Waals surface area contributed by atoms with Gasteiger partial charge in [0.05, 0.1) is 5.56 Å². The summed E-state index contributed by atoms with van der Waals surface area (Å²) < 4.78 is 11.5. The molecule has 0 bridgehead atoms. The van der Waals surface area contributed by atoms with Gasteiger partial charge in [-0.2, -0.15) is 0 Å². The molecule has 5 heteroatoms. The van der Waals surface area contributed by atoms with Gasteiger partial charge in [-0.3, -0.25) is 4.79 Å². The fourth-order valence-corrected chi connectivity index (χ4v) is 3.55. The summed E-state index contributed by atoms with van der Waals surface area (Å²) in [5.74, 6) is 1.35. The SMILES string of the molecule is CCCCN1CCC(NC(=O)c2ccccc2OCCOc2ccccc2)CC1. The molecule has 0 spiro atoms. The molecule has 2 aromatic carbocycles. The number of para-hydroxylation sites is 2. The summed E-state index contributed by atoms with van der Waals surface area (Å²) in [5.41, 5.74) is 0.584. The van der Waals surface area contributed by atoms with E-state index >= 15 is 0 Å². The molecule has 2 aromatic rings. The number of carbonyl (C=O) groups excluding carboxylic acids is 1. The number of hydrogen-bond donors (Lipinski definition) is 1. The third-order valence-electron chi connectivity index (χ3n) is 5.24. The van der Waals surface area contributed by atoms with Crippen LogP contribution in [0.4, 0.5) is 0 Å². The van der Waals surface area contributed by atoms with Crippen LogP contribution in [0.3, 0.4) is 0 Å². The lowest BCUT2D eigenvalue weighted by Crippen LogP contribution is -2.44. The minimum atomic E-state index is -0.0587. The summed E-state index contributed by atoms with van der Waals surface area (Å²) in [6.45, 7) is 6.31. The predicted octanol–water partition coefficient (Wildman–Crippen LogP) is 4.14. The molecule has 156 valence electrons. The van der Waals surface area contributed by atoms with Crippen molar-refractivity contribution < 1.29 is 14.3 Å². The Morgan fingerprint density at radius 2 is 1.69 bits per heavy atom. The highest BCUT2D eigenvalue weighted by molar-refractivity contribution is 5.97. The highest BCUT2D eigenvalue weighted by Gasteiger charge is 2.22. The molecule has 0 radical (unpaired) electrons. The van der Waals surface area contributed by atoms with E-state index in [1.165, 1.54) is 19.4 Å². The quantitative estimate of drug-likeness (QED) is 0.613. The van der Waals surface area contributed by atoms with Crippen LogP contribution in [0, 0.1) is 0 Å². The van der Waals surface area contributed by atoms with E-state index in [2.05, 4.69) is 17.1 Å². The van der Waals surface area contributed by atoms with Crippen molar-refractivity contribution in [1.82, 2.24) is 10.2 Å². The van der Waals surface area contributed by atoms with E-state index in [0.29, 0.717) is 24.5 Å². The maximum atomic E-state index is 12.8. The van der Waals surface area contributed by atoms with Gasteiger partial charge in [-0.15, -0.1) is 0 Å². The minimum absolute atomic E-state index is 0.0587. The first-order valence-corrected chi connectivity index (χ1v) is 10.7. The minimum Gasteiger partial charge on any atom is -0.490 e. The van der Waals surface area contributed by atoms with Crippen molar-refractivity contribution in [2.45, 2.75) is 38.6 Å². The Kier molecular flexibility index (Phi) is 8.38. The van der Waals surface area contributed by atoms with Crippen molar-refractivity contribution in [3.8, 4) is 11.5 Å². The molecule has 5 nitrogen and oxygen atoms in total. The first-order chi connectivity index (χ1) is 14.3. The summed E-state index contributed by atoms with van der Waals surface area (Å²) in [5, 5.41) is 3.19. The van der Waals surface area contributed by atoms with E-state index in [1.807, 2.05) is 54.6 Å². The van der Waals surface area contributed by atoms with Crippen LogP contribution in [-0.4, -0.2) is 49.7 Å². The molecule has 0 aromatic heterocycles. The number of nitrogens with zero attached hydrogens (tertiary/aromatic N) is 1. The van der Waals surface area contributed by atoms with Gasteiger partial charge in [-0.1, -0.05) is 43.7 Å². The Morgan fingerprint density at radius 1 is 1.00 bits per heavy atom. The molecule has 0 aliphatic carbocycles. The van der Waals surface area contributed by atoms with Crippen LogP contribution in [0.5, 0.6) is 11.5 Å². The van der Waals surface area contributed by atoms with Crippen LogP contribution >= 0.6 is 0 Å². The normalized spacial score (nSPS) is 15.1. The number of benzene rings is 2. The maximum Gasteiger partial charge on any atom is 0.255 e. The number of likely N-dealkylation sites (tertiary alicyclic amines) is 1. The van der Waals surface area contributed by atoms with E-state index in [1.54, 1.807) is 0 Å². The second-order valence-electron chi connectivity index (χ2n) is 7.45. The average molecular weight is 397 g/mol. The second-order valence-corrected chi connectivity index (χ2v) is 7.45. The van der Waals surface area contributed by atoms with Crippen LogP contribution in [0.25, 0.3) is 0 Å². The van der Waals surface area contributed by atoms with E-state index < -0.39 is 0 Å². The van der Waals surface area contributed by atoms with Crippen molar-refractivity contribution in [3.63, 3.8) is 0 Å². The zero-order valence-corrected chi connectivity index (χ0v) is 17.3. The van der Waals surface area contributed by atoms with E-state index in [-0.39, 0.29) is 11.9 Å². The summed E-state index contributed by atoms with van der Waals surface area (Å²) in [7, 11) is 0. The van der Waals surface area contributed by atoms with Gasteiger partial charge in [0.15, 0.2) is 0 Å². The molecule has 0 saturated carbocycles. The number of hydrogen-bond acceptors (Lipinski definition) is 4. The molecule has 0 unspecified atom stereocenters.